The van der Waals surface area contributed by atoms with Crippen molar-refractivity contribution >= 4 is 16.9 Å². The summed E-state index contributed by atoms with van der Waals surface area (Å²) in [6, 6.07) is 9.16. The van der Waals surface area contributed by atoms with Gasteiger partial charge >= 0.3 is 5.97 Å². The molecule has 4 heterocycles. The Bertz CT molecular complexity index is 1310. The summed E-state index contributed by atoms with van der Waals surface area (Å²) in [6.07, 6.45) is 5.70. The molecule has 4 aromatic rings. The summed E-state index contributed by atoms with van der Waals surface area (Å²) in [7, 11) is 0. The second-order valence-corrected chi connectivity index (χ2v) is 7.68. The number of nitrogens with zero attached hydrogens (tertiary/aromatic N) is 3. The van der Waals surface area contributed by atoms with Gasteiger partial charge in [0, 0.05) is 41.6 Å². The summed E-state index contributed by atoms with van der Waals surface area (Å²) in [6.45, 7) is 4.19. The fourth-order valence-corrected chi connectivity index (χ4v) is 4.19. The second-order valence-electron chi connectivity index (χ2n) is 7.68. The van der Waals surface area contributed by atoms with Crippen molar-refractivity contribution in [2.75, 3.05) is 0 Å². The number of carboxylic acids is 1. The highest BCUT2D eigenvalue weighted by Crippen LogP contribution is 2.43. The van der Waals surface area contributed by atoms with Crippen LogP contribution in [0.1, 0.15) is 35.8 Å². The zero-order valence-electron chi connectivity index (χ0n) is 16.0. The normalized spacial score (nSPS) is 15.5. The summed E-state index contributed by atoms with van der Waals surface area (Å²) in [5, 5.41) is 14.7. The first kappa shape index (κ1) is 17.5. The van der Waals surface area contributed by atoms with Crippen LogP contribution in [0.15, 0.2) is 58.1 Å². The van der Waals surface area contributed by atoms with Gasteiger partial charge < -0.3 is 14.1 Å². The first-order chi connectivity index (χ1) is 14.0. The first-order valence-corrected chi connectivity index (χ1v) is 9.50. The van der Waals surface area contributed by atoms with Crippen molar-refractivity contribution < 1.29 is 14.3 Å². The molecule has 0 fully saturated rings. The summed E-state index contributed by atoms with van der Waals surface area (Å²) in [5.74, 6) is -0.361. The van der Waals surface area contributed by atoms with Gasteiger partial charge in [-0.15, -0.1) is 0 Å². The lowest BCUT2D eigenvalue weighted by Gasteiger charge is -2.31. The number of carboxylic acid groups (broad SMARTS) is 1. The highest BCUT2D eigenvalue weighted by Gasteiger charge is 2.32. The predicted molar refractivity (Wildman–Crippen MR) is 108 cm³/mol. The van der Waals surface area contributed by atoms with E-state index in [0.717, 1.165) is 16.6 Å². The van der Waals surface area contributed by atoms with E-state index in [1.54, 1.807) is 10.9 Å². The van der Waals surface area contributed by atoms with Crippen molar-refractivity contribution in [3.05, 3.63) is 70.3 Å². The quantitative estimate of drug-likeness (QED) is 0.574. The number of furan rings is 1. The van der Waals surface area contributed by atoms with Gasteiger partial charge in [-0.05, 0) is 24.5 Å². The van der Waals surface area contributed by atoms with Crippen molar-refractivity contribution in [3.8, 4) is 17.1 Å². The molecule has 0 radical (unpaired) electrons. The van der Waals surface area contributed by atoms with E-state index < -0.39 is 11.4 Å². The molecule has 3 aromatic heterocycles. The lowest BCUT2D eigenvalue weighted by atomic mass is 9.89. The highest BCUT2D eigenvalue weighted by molar-refractivity contribution is 5.93. The topological polar surface area (TPSA) is 90.3 Å². The molecule has 1 N–H and O–H groups in total. The fraction of sp³-hybridized carbons (Fsp3) is 0.227. The Morgan fingerprint density at radius 1 is 1.31 bits per heavy atom. The molecule has 29 heavy (non-hydrogen) atoms. The van der Waals surface area contributed by atoms with Gasteiger partial charge in [0.05, 0.1) is 5.69 Å². The molecule has 1 aliphatic rings. The molecule has 1 atom stereocenters. The van der Waals surface area contributed by atoms with Crippen LogP contribution in [0.2, 0.25) is 0 Å². The molecule has 7 nitrogen and oxygen atoms in total. The van der Waals surface area contributed by atoms with Crippen molar-refractivity contribution in [1.29, 1.82) is 0 Å². The van der Waals surface area contributed by atoms with Crippen LogP contribution in [0.3, 0.4) is 0 Å². The number of aromatic carboxylic acids is 1. The molecule has 0 saturated carbocycles. The second kappa shape index (κ2) is 6.20. The van der Waals surface area contributed by atoms with Crippen LogP contribution in [0.5, 0.6) is 0 Å². The molecule has 5 rings (SSSR count). The van der Waals surface area contributed by atoms with Crippen LogP contribution in [0.4, 0.5) is 0 Å². The molecule has 1 aromatic carbocycles. The van der Waals surface area contributed by atoms with Crippen molar-refractivity contribution in [2.24, 2.45) is 5.92 Å². The van der Waals surface area contributed by atoms with Gasteiger partial charge in [0.15, 0.2) is 16.8 Å². The molecule has 0 bridgehead atoms. The van der Waals surface area contributed by atoms with E-state index in [1.165, 1.54) is 12.3 Å². The third-order valence-corrected chi connectivity index (χ3v) is 5.63. The van der Waals surface area contributed by atoms with Gasteiger partial charge in [-0.1, -0.05) is 26.0 Å². The molecule has 7 heteroatoms. The Morgan fingerprint density at radius 2 is 2.14 bits per heavy atom. The van der Waals surface area contributed by atoms with Gasteiger partial charge in [0.1, 0.15) is 11.3 Å². The number of benzene rings is 1. The summed E-state index contributed by atoms with van der Waals surface area (Å²) in [5.41, 5.74) is 2.42. The summed E-state index contributed by atoms with van der Waals surface area (Å²) < 4.78 is 9.92. The van der Waals surface area contributed by atoms with Crippen LogP contribution < -0.4 is 5.43 Å². The lowest BCUT2D eigenvalue weighted by Crippen LogP contribution is -2.27. The van der Waals surface area contributed by atoms with Gasteiger partial charge in [0.25, 0.3) is 0 Å². The highest BCUT2D eigenvalue weighted by atomic mass is 16.4. The molecular formula is C22H19N3O4. The summed E-state index contributed by atoms with van der Waals surface area (Å²) in [4.78, 5) is 23.9. The smallest absolute Gasteiger partial charge is 0.341 e. The maximum Gasteiger partial charge on any atom is 0.341 e. The SMILES string of the molecule is CC(C)[C@@H]1Cc2c(oc3c(-n4cccn4)cccc23)-c2cc(=O)c(C(=O)O)cn21. The van der Waals surface area contributed by atoms with E-state index >= 15 is 0 Å². The number of carbonyl (C=O) groups is 1. The van der Waals surface area contributed by atoms with Crippen LogP contribution in [0, 0.1) is 5.92 Å². The Morgan fingerprint density at radius 3 is 2.83 bits per heavy atom. The number of pyridine rings is 1. The van der Waals surface area contributed by atoms with Crippen LogP contribution >= 0.6 is 0 Å². The largest absolute Gasteiger partial charge is 0.477 e. The first-order valence-electron chi connectivity index (χ1n) is 9.50. The molecule has 0 saturated heterocycles. The number of para-hydroxylation sites is 1. The monoisotopic (exact) mass is 389 g/mol. The summed E-state index contributed by atoms with van der Waals surface area (Å²) >= 11 is 0. The molecule has 1 aliphatic heterocycles. The average Bonchev–Trinajstić information content (AvgIpc) is 3.34. The number of aromatic nitrogens is 3. The van der Waals surface area contributed by atoms with Crippen LogP contribution in [0.25, 0.3) is 28.1 Å². The number of rotatable bonds is 3. The third-order valence-electron chi connectivity index (χ3n) is 5.63. The van der Waals surface area contributed by atoms with Crippen LogP contribution in [-0.2, 0) is 6.42 Å². The Kier molecular flexibility index (Phi) is 3.74. The van der Waals surface area contributed by atoms with Crippen LogP contribution in [-0.4, -0.2) is 25.4 Å². The molecule has 146 valence electrons. The Balaban J connectivity index is 1.83. The van der Waals surface area contributed by atoms with Gasteiger partial charge in [-0.3, -0.25) is 4.79 Å². The van der Waals surface area contributed by atoms with E-state index in [2.05, 4.69) is 18.9 Å². The maximum absolute atomic E-state index is 12.4. The van der Waals surface area contributed by atoms with E-state index in [0.29, 0.717) is 23.5 Å². The minimum absolute atomic E-state index is 0.0189. The molecule has 0 amide bonds. The lowest BCUT2D eigenvalue weighted by molar-refractivity contribution is 0.0694. The zero-order valence-corrected chi connectivity index (χ0v) is 16.0. The Hall–Kier alpha value is -3.61. The number of fused-ring (bicyclic) bond motifs is 5. The molecular weight excluding hydrogens is 370 g/mol. The number of hydrogen-bond donors (Lipinski definition) is 1. The average molecular weight is 389 g/mol. The van der Waals surface area contributed by atoms with Crippen molar-refractivity contribution in [1.82, 2.24) is 14.3 Å². The minimum Gasteiger partial charge on any atom is -0.477 e. The standard InChI is InChI=1S/C22H19N3O4/c1-12(2)17-9-14-13-5-3-6-16(25-8-4-7-23-25)20(13)29-21(14)18-10-19(26)15(22(27)28)11-24(17)18/h3-8,10-12,17H,9H2,1-2H3,(H,27,28)/t17-/m0/s1. The van der Waals surface area contributed by atoms with Gasteiger partial charge in [0.2, 0.25) is 0 Å². The van der Waals surface area contributed by atoms with E-state index in [4.69, 9.17) is 4.42 Å². The van der Waals surface area contributed by atoms with Gasteiger partial charge in [-0.25, -0.2) is 9.48 Å². The van der Waals surface area contributed by atoms with Crippen molar-refractivity contribution in [2.45, 2.75) is 26.3 Å². The minimum atomic E-state index is -1.22. The molecule has 0 unspecified atom stereocenters. The third kappa shape index (κ3) is 2.54. The Labute approximate surface area is 165 Å². The van der Waals surface area contributed by atoms with E-state index in [-0.39, 0.29) is 17.5 Å². The zero-order chi connectivity index (χ0) is 20.3. The predicted octanol–water partition coefficient (Wildman–Crippen LogP) is 3.90. The maximum atomic E-state index is 12.4. The fourth-order valence-electron chi connectivity index (χ4n) is 4.19. The molecule has 0 spiro atoms. The van der Waals surface area contributed by atoms with E-state index in [9.17, 15) is 14.7 Å². The number of hydrogen-bond acceptors (Lipinski definition) is 4. The van der Waals surface area contributed by atoms with Crippen molar-refractivity contribution in [3.63, 3.8) is 0 Å². The van der Waals surface area contributed by atoms with Gasteiger partial charge in [-0.2, -0.15) is 5.10 Å². The molecule has 0 aliphatic carbocycles. The van der Waals surface area contributed by atoms with E-state index in [1.807, 2.05) is 35.0 Å².